The summed E-state index contributed by atoms with van der Waals surface area (Å²) in [6.07, 6.45) is 13.5. The maximum atomic E-state index is 12.6. The Labute approximate surface area is 169 Å². The predicted molar refractivity (Wildman–Crippen MR) is 114 cm³/mol. The molecule has 1 fully saturated rings. The lowest BCUT2D eigenvalue weighted by atomic mass is 9.97. The van der Waals surface area contributed by atoms with Crippen molar-refractivity contribution in [2.75, 3.05) is 5.75 Å². The summed E-state index contributed by atoms with van der Waals surface area (Å²) in [5, 5.41) is 5.51. The van der Waals surface area contributed by atoms with Gasteiger partial charge >= 0.3 is 0 Å². The molecule has 4 rings (SSSR count). The molecule has 0 aromatic carbocycles. The minimum atomic E-state index is 0.152. The molecule has 0 spiro atoms. The predicted octanol–water partition coefficient (Wildman–Crippen LogP) is 5.20. The molecule has 2 heterocycles. The number of amides is 1. The zero-order chi connectivity index (χ0) is 18.6. The molecule has 27 heavy (non-hydrogen) atoms. The summed E-state index contributed by atoms with van der Waals surface area (Å²) in [7, 11) is 0. The van der Waals surface area contributed by atoms with Crippen LogP contribution in [0.4, 0.5) is 0 Å². The van der Waals surface area contributed by atoms with Crippen molar-refractivity contribution in [2.24, 2.45) is 0 Å². The van der Waals surface area contributed by atoms with Gasteiger partial charge in [0.2, 0.25) is 5.91 Å². The Bertz CT molecular complexity index is 809. The van der Waals surface area contributed by atoms with E-state index in [2.05, 4.69) is 10.3 Å². The van der Waals surface area contributed by atoms with Gasteiger partial charge in [0, 0.05) is 16.3 Å². The van der Waals surface area contributed by atoms with Crippen LogP contribution in [0.2, 0.25) is 0 Å². The van der Waals surface area contributed by atoms with E-state index in [0.717, 1.165) is 34.9 Å². The number of aromatic nitrogens is 2. The summed E-state index contributed by atoms with van der Waals surface area (Å²) < 4.78 is 0. The van der Waals surface area contributed by atoms with Crippen molar-refractivity contribution in [2.45, 2.75) is 88.6 Å². The number of rotatable bonds is 4. The van der Waals surface area contributed by atoms with E-state index in [-0.39, 0.29) is 5.91 Å². The number of hydrogen-bond donors (Lipinski definition) is 1. The van der Waals surface area contributed by atoms with Gasteiger partial charge in [-0.15, -0.1) is 11.3 Å². The monoisotopic (exact) mass is 403 g/mol. The van der Waals surface area contributed by atoms with E-state index in [1.54, 1.807) is 11.8 Å². The van der Waals surface area contributed by atoms with E-state index in [1.165, 1.54) is 67.2 Å². The fourth-order valence-electron chi connectivity index (χ4n) is 4.33. The summed E-state index contributed by atoms with van der Waals surface area (Å²) in [6.45, 7) is 1.96. The highest BCUT2D eigenvalue weighted by Gasteiger charge is 2.21. The molecule has 6 heteroatoms. The third kappa shape index (κ3) is 4.65. The molecular weight excluding hydrogens is 374 g/mol. The Kier molecular flexibility index (Phi) is 6.33. The number of nitrogens with zero attached hydrogens (tertiary/aromatic N) is 2. The molecule has 0 aliphatic heterocycles. The molecule has 1 amide bonds. The summed E-state index contributed by atoms with van der Waals surface area (Å²) in [6, 6.07) is 0.361. The first-order valence-corrected chi connectivity index (χ1v) is 12.2. The van der Waals surface area contributed by atoms with Crippen molar-refractivity contribution in [1.82, 2.24) is 15.3 Å². The molecule has 0 bridgehead atoms. The average Bonchev–Trinajstić information content (AvgIpc) is 3.00. The lowest BCUT2D eigenvalue weighted by Crippen LogP contribution is -2.36. The van der Waals surface area contributed by atoms with Gasteiger partial charge in [-0.2, -0.15) is 0 Å². The van der Waals surface area contributed by atoms with Crippen molar-refractivity contribution < 1.29 is 4.79 Å². The fourth-order valence-corrected chi connectivity index (χ4v) is 6.62. The minimum absolute atomic E-state index is 0.152. The summed E-state index contributed by atoms with van der Waals surface area (Å²) in [4.78, 5) is 24.5. The van der Waals surface area contributed by atoms with Gasteiger partial charge in [-0.3, -0.25) is 4.79 Å². The maximum Gasteiger partial charge on any atom is 0.230 e. The SMILES string of the molecule is Cc1nc(SCC(=O)NC2CCCCCCC2)c2c3c(sc2n1)CCCC3. The molecule has 0 saturated heterocycles. The van der Waals surface area contributed by atoms with Crippen LogP contribution in [0.5, 0.6) is 0 Å². The smallest absolute Gasteiger partial charge is 0.230 e. The maximum absolute atomic E-state index is 12.6. The first-order valence-electron chi connectivity index (χ1n) is 10.4. The van der Waals surface area contributed by atoms with Gasteiger partial charge < -0.3 is 5.32 Å². The lowest BCUT2D eigenvalue weighted by molar-refractivity contribution is -0.119. The van der Waals surface area contributed by atoms with Crippen LogP contribution in [-0.2, 0) is 17.6 Å². The van der Waals surface area contributed by atoms with Gasteiger partial charge in [0.05, 0.1) is 5.75 Å². The number of carbonyl (C=O) groups excluding carboxylic acids is 1. The normalized spacial score (nSPS) is 18.7. The molecule has 2 aliphatic carbocycles. The second-order valence-electron chi connectivity index (χ2n) is 7.87. The number of thioether (sulfide) groups is 1. The first-order chi connectivity index (χ1) is 13.2. The molecule has 4 nitrogen and oxygen atoms in total. The molecule has 2 aromatic rings. The van der Waals surface area contributed by atoms with Gasteiger partial charge in [-0.1, -0.05) is 43.9 Å². The summed E-state index contributed by atoms with van der Waals surface area (Å²) in [5.41, 5.74) is 1.45. The molecule has 0 unspecified atom stereocenters. The Balaban J connectivity index is 1.45. The first kappa shape index (κ1) is 19.2. The number of aryl methyl sites for hydroxylation is 3. The van der Waals surface area contributed by atoms with E-state index >= 15 is 0 Å². The standard InChI is InChI=1S/C21H29N3OS2/c1-14-22-20(19-16-11-7-8-12-17(16)27-21(19)23-14)26-13-18(25)24-15-9-5-3-2-4-6-10-15/h15H,2-13H2,1H3,(H,24,25). The second kappa shape index (κ2) is 8.91. The Morgan fingerprint density at radius 2 is 1.81 bits per heavy atom. The zero-order valence-corrected chi connectivity index (χ0v) is 17.8. The van der Waals surface area contributed by atoms with Crippen molar-refractivity contribution >= 4 is 39.2 Å². The second-order valence-corrected chi connectivity index (χ2v) is 9.91. The number of hydrogen-bond acceptors (Lipinski definition) is 5. The minimum Gasteiger partial charge on any atom is -0.353 e. The van der Waals surface area contributed by atoms with Crippen molar-refractivity contribution in [3.63, 3.8) is 0 Å². The van der Waals surface area contributed by atoms with Gasteiger partial charge in [-0.05, 0) is 51.0 Å². The third-order valence-electron chi connectivity index (χ3n) is 5.70. The van der Waals surface area contributed by atoms with Crippen LogP contribution in [0.15, 0.2) is 5.03 Å². The summed E-state index contributed by atoms with van der Waals surface area (Å²) in [5.74, 6) is 1.41. The number of thiophene rings is 1. The van der Waals surface area contributed by atoms with E-state index in [9.17, 15) is 4.79 Å². The molecule has 1 N–H and O–H groups in total. The average molecular weight is 404 g/mol. The van der Waals surface area contributed by atoms with Gasteiger partial charge in [-0.25, -0.2) is 9.97 Å². The van der Waals surface area contributed by atoms with Crippen molar-refractivity contribution in [1.29, 1.82) is 0 Å². The van der Waals surface area contributed by atoms with Crippen molar-refractivity contribution in [3.05, 3.63) is 16.3 Å². The summed E-state index contributed by atoms with van der Waals surface area (Å²) >= 11 is 3.42. The molecule has 0 radical (unpaired) electrons. The van der Waals surface area contributed by atoms with Gasteiger partial charge in [0.1, 0.15) is 15.7 Å². The molecule has 1 saturated carbocycles. The number of carbonyl (C=O) groups is 1. The van der Waals surface area contributed by atoms with E-state index in [0.29, 0.717) is 11.8 Å². The Hall–Kier alpha value is -1.14. The van der Waals surface area contributed by atoms with Crippen molar-refractivity contribution in [3.8, 4) is 0 Å². The van der Waals surface area contributed by atoms with E-state index in [1.807, 2.05) is 18.3 Å². The van der Waals surface area contributed by atoms with Crippen LogP contribution >= 0.6 is 23.1 Å². The fraction of sp³-hybridized carbons (Fsp3) is 0.667. The molecule has 2 aliphatic rings. The highest BCUT2D eigenvalue weighted by Crippen LogP contribution is 2.39. The van der Waals surface area contributed by atoms with E-state index < -0.39 is 0 Å². The highest BCUT2D eigenvalue weighted by atomic mass is 32.2. The van der Waals surface area contributed by atoms with Gasteiger partial charge in [0.15, 0.2) is 0 Å². The molecule has 0 atom stereocenters. The largest absolute Gasteiger partial charge is 0.353 e. The highest BCUT2D eigenvalue weighted by molar-refractivity contribution is 8.00. The Morgan fingerprint density at radius 3 is 2.63 bits per heavy atom. The number of fused-ring (bicyclic) bond motifs is 3. The molecular formula is C21H29N3OS2. The third-order valence-corrected chi connectivity index (χ3v) is 7.86. The quantitative estimate of drug-likeness (QED) is 0.563. The lowest BCUT2D eigenvalue weighted by Gasteiger charge is -2.21. The number of nitrogens with one attached hydrogen (secondary N) is 1. The van der Waals surface area contributed by atoms with Crippen LogP contribution in [-0.4, -0.2) is 27.7 Å². The molecule has 2 aromatic heterocycles. The van der Waals surface area contributed by atoms with Gasteiger partial charge in [0.25, 0.3) is 0 Å². The van der Waals surface area contributed by atoms with Crippen LogP contribution in [0.25, 0.3) is 10.2 Å². The Morgan fingerprint density at radius 1 is 1.07 bits per heavy atom. The zero-order valence-electron chi connectivity index (χ0n) is 16.2. The van der Waals surface area contributed by atoms with Crippen LogP contribution in [0, 0.1) is 6.92 Å². The van der Waals surface area contributed by atoms with Crippen LogP contribution in [0.3, 0.4) is 0 Å². The topological polar surface area (TPSA) is 54.9 Å². The van der Waals surface area contributed by atoms with Crippen LogP contribution in [0.1, 0.15) is 74.1 Å². The van der Waals surface area contributed by atoms with Crippen LogP contribution < -0.4 is 5.32 Å². The van der Waals surface area contributed by atoms with E-state index in [4.69, 9.17) is 4.98 Å². The molecule has 146 valence electrons.